The molecule has 0 spiro atoms. The van der Waals surface area contributed by atoms with Crippen LogP contribution in [0.25, 0.3) is 0 Å². The van der Waals surface area contributed by atoms with Crippen LogP contribution in [0.1, 0.15) is 23.7 Å². The van der Waals surface area contributed by atoms with E-state index in [0.717, 1.165) is 4.90 Å². The molecule has 4 heteroatoms. The molecule has 0 aliphatic heterocycles. The minimum absolute atomic E-state index is 0.191. The number of oxime groups is 1. The molecule has 0 saturated carbocycles. The van der Waals surface area contributed by atoms with Gasteiger partial charge in [-0.3, -0.25) is 4.79 Å². The monoisotopic (exact) mass is 223 g/mol. The minimum atomic E-state index is -0.204. The molecule has 15 heavy (non-hydrogen) atoms. The van der Waals surface area contributed by atoms with Gasteiger partial charge in [0.1, 0.15) is 5.71 Å². The minimum Gasteiger partial charge on any atom is -0.411 e. The Kier molecular flexibility index (Phi) is 4.37. The van der Waals surface area contributed by atoms with E-state index in [0.29, 0.717) is 12.0 Å². The highest BCUT2D eigenvalue weighted by molar-refractivity contribution is 7.98. The summed E-state index contributed by atoms with van der Waals surface area (Å²) in [5.74, 6) is -0.204. The van der Waals surface area contributed by atoms with Gasteiger partial charge in [-0.1, -0.05) is 24.2 Å². The Morgan fingerprint density at radius 1 is 1.47 bits per heavy atom. The van der Waals surface area contributed by atoms with E-state index >= 15 is 0 Å². The first kappa shape index (κ1) is 11.8. The highest BCUT2D eigenvalue weighted by Crippen LogP contribution is 2.20. The van der Waals surface area contributed by atoms with Gasteiger partial charge in [0.05, 0.1) is 0 Å². The Hall–Kier alpha value is -1.29. The molecule has 3 nitrogen and oxygen atoms in total. The second-order valence-electron chi connectivity index (χ2n) is 2.93. The average molecular weight is 223 g/mol. The van der Waals surface area contributed by atoms with Crippen molar-refractivity contribution in [1.82, 2.24) is 0 Å². The van der Waals surface area contributed by atoms with Gasteiger partial charge in [0, 0.05) is 10.5 Å². The predicted octanol–water partition coefficient (Wildman–Crippen LogP) is 2.83. The lowest BCUT2D eigenvalue weighted by Gasteiger charge is -2.05. The predicted molar refractivity (Wildman–Crippen MR) is 62.1 cm³/mol. The van der Waals surface area contributed by atoms with Crippen LogP contribution in [0.3, 0.4) is 0 Å². The molecular weight excluding hydrogens is 210 g/mol. The number of benzene rings is 1. The van der Waals surface area contributed by atoms with Gasteiger partial charge in [-0.2, -0.15) is 0 Å². The molecule has 0 amide bonds. The van der Waals surface area contributed by atoms with Crippen LogP contribution in [-0.2, 0) is 0 Å². The molecule has 1 rings (SSSR count). The first-order chi connectivity index (χ1) is 7.24. The summed E-state index contributed by atoms with van der Waals surface area (Å²) in [6.07, 6.45) is 2.34. The summed E-state index contributed by atoms with van der Waals surface area (Å²) in [5, 5.41) is 11.7. The van der Waals surface area contributed by atoms with Crippen molar-refractivity contribution in [3.63, 3.8) is 0 Å². The zero-order valence-corrected chi connectivity index (χ0v) is 9.54. The number of rotatable bonds is 4. The van der Waals surface area contributed by atoms with Crippen LogP contribution in [0.5, 0.6) is 0 Å². The van der Waals surface area contributed by atoms with Crippen molar-refractivity contribution in [2.45, 2.75) is 18.2 Å². The second kappa shape index (κ2) is 5.56. The first-order valence-electron chi connectivity index (χ1n) is 4.63. The number of thioether (sulfide) groups is 1. The summed E-state index contributed by atoms with van der Waals surface area (Å²) in [4.78, 5) is 12.8. The smallest absolute Gasteiger partial charge is 0.211 e. The summed E-state index contributed by atoms with van der Waals surface area (Å²) in [6, 6.07) is 7.31. The third-order valence-electron chi connectivity index (χ3n) is 2.07. The maximum Gasteiger partial charge on any atom is 0.211 e. The number of hydrogen-bond acceptors (Lipinski definition) is 4. The molecule has 0 aromatic heterocycles. The Balaban J connectivity index is 3.10. The molecule has 0 aliphatic carbocycles. The molecular formula is C11H13NO2S. The lowest BCUT2D eigenvalue weighted by Crippen LogP contribution is -2.14. The number of nitrogens with zero attached hydrogens (tertiary/aromatic N) is 1. The first-order valence-corrected chi connectivity index (χ1v) is 5.85. The van der Waals surface area contributed by atoms with E-state index < -0.39 is 0 Å². The van der Waals surface area contributed by atoms with Crippen LogP contribution in [0.2, 0.25) is 0 Å². The standard InChI is InChI=1S/C11H13NO2S/c1-3-9(12-14)11(13)8-6-4-5-7-10(8)15-2/h4-7,14H,3H2,1-2H3. The second-order valence-corrected chi connectivity index (χ2v) is 3.78. The summed E-state index contributed by atoms with van der Waals surface area (Å²) < 4.78 is 0. The van der Waals surface area contributed by atoms with Crippen LogP contribution < -0.4 is 0 Å². The molecule has 1 aromatic rings. The third-order valence-corrected chi connectivity index (χ3v) is 2.87. The molecule has 0 heterocycles. The van der Waals surface area contributed by atoms with E-state index in [9.17, 15) is 4.79 Å². The van der Waals surface area contributed by atoms with Gasteiger partial charge < -0.3 is 5.21 Å². The number of carbonyl (C=O) groups is 1. The zero-order chi connectivity index (χ0) is 11.3. The van der Waals surface area contributed by atoms with Crippen molar-refractivity contribution >= 4 is 23.3 Å². The van der Waals surface area contributed by atoms with Crippen LogP contribution >= 0.6 is 11.8 Å². The SMILES string of the molecule is CCC(=NO)C(=O)c1ccccc1SC. The lowest BCUT2D eigenvalue weighted by molar-refractivity contribution is 0.105. The lowest BCUT2D eigenvalue weighted by atomic mass is 10.1. The molecule has 1 aromatic carbocycles. The van der Waals surface area contributed by atoms with Crippen LogP contribution in [-0.4, -0.2) is 23.0 Å². The van der Waals surface area contributed by atoms with Crippen molar-refractivity contribution in [3.8, 4) is 0 Å². The summed E-state index contributed by atoms with van der Waals surface area (Å²) in [7, 11) is 0. The number of carbonyl (C=O) groups excluding carboxylic acids is 1. The van der Waals surface area contributed by atoms with Gasteiger partial charge >= 0.3 is 0 Å². The van der Waals surface area contributed by atoms with Crippen LogP contribution in [0.4, 0.5) is 0 Å². The molecule has 0 fully saturated rings. The van der Waals surface area contributed by atoms with Crippen molar-refractivity contribution in [2.75, 3.05) is 6.26 Å². The van der Waals surface area contributed by atoms with Gasteiger partial charge in [-0.25, -0.2) is 0 Å². The fourth-order valence-electron chi connectivity index (χ4n) is 1.26. The highest BCUT2D eigenvalue weighted by atomic mass is 32.2. The van der Waals surface area contributed by atoms with E-state index in [1.165, 1.54) is 11.8 Å². The fraction of sp³-hybridized carbons (Fsp3) is 0.273. The maximum atomic E-state index is 11.9. The third kappa shape index (κ3) is 2.59. The van der Waals surface area contributed by atoms with Crippen molar-refractivity contribution in [3.05, 3.63) is 29.8 Å². The van der Waals surface area contributed by atoms with Crippen molar-refractivity contribution in [1.29, 1.82) is 0 Å². The Morgan fingerprint density at radius 3 is 2.67 bits per heavy atom. The van der Waals surface area contributed by atoms with Gasteiger partial charge in [0.15, 0.2) is 0 Å². The summed E-state index contributed by atoms with van der Waals surface area (Å²) in [5.41, 5.74) is 0.788. The maximum absolute atomic E-state index is 11.9. The van der Waals surface area contributed by atoms with Crippen LogP contribution in [0, 0.1) is 0 Å². The van der Waals surface area contributed by atoms with Crippen molar-refractivity contribution in [2.24, 2.45) is 5.16 Å². The normalized spacial score (nSPS) is 11.5. The molecule has 1 N–H and O–H groups in total. The van der Waals surface area contributed by atoms with E-state index in [2.05, 4.69) is 5.16 Å². The molecule has 0 aliphatic rings. The van der Waals surface area contributed by atoms with E-state index in [1.54, 1.807) is 19.1 Å². The van der Waals surface area contributed by atoms with E-state index in [4.69, 9.17) is 5.21 Å². The van der Waals surface area contributed by atoms with Gasteiger partial charge in [-0.15, -0.1) is 11.8 Å². The quantitative estimate of drug-likeness (QED) is 0.281. The number of hydrogen-bond donors (Lipinski definition) is 1. The fourth-order valence-corrected chi connectivity index (χ4v) is 1.86. The molecule has 0 saturated heterocycles. The van der Waals surface area contributed by atoms with Gasteiger partial charge in [-0.05, 0) is 24.8 Å². The Morgan fingerprint density at radius 2 is 2.13 bits per heavy atom. The summed E-state index contributed by atoms with van der Waals surface area (Å²) in [6.45, 7) is 1.79. The molecule has 0 unspecified atom stereocenters. The highest BCUT2D eigenvalue weighted by Gasteiger charge is 2.15. The Labute approximate surface area is 93.2 Å². The molecule has 80 valence electrons. The zero-order valence-electron chi connectivity index (χ0n) is 8.73. The Bertz CT molecular complexity index is 388. The summed E-state index contributed by atoms with van der Waals surface area (Å²) >= 11 is 1.50. The van der Waals surface area contributed by atoms with Gasteiger partial charge in [0.2, 0.25) is 5.78 Å². The molecule has 0 bridgehead atoms. The topological polar surface area (TPSA) is 49.7 Å². The number of Topliss-reactive ketones (excluding diaryl/α,β-unsaturated/α-hetero) is 1. The molecule has 0 radical (unpaired) electrons. The average Bonchev–Trinajstić information content (AvgIpc) is 2.30. The molecule has 0 atom stereocenters. The number of ketones is 1. The van der Waals surface area contributed by atoms with Crippen LogP contribution in [0.15, 0.2) is 34.3 Å². The van der Waals surface area contributed by atoms with E-state index in [1.807, 2.05) is 18.4 Å². The largest absolute Gasteiger partial charge is 0.411 e. The van der Waals surface area contributed by atoms with Gasteiger partial charge in [0.25, 0.3) is 0 Å². The van der Waals surface area contributed by atoms with E-state index in [-0.39, 0.29) is 11.5 Å². The van der Waals surface area contributed by atoms with Crippen molar-refractivity contribution < 1.29 is 10.0 Å².